The molecule has 1 aliphatic heterocycles. The first-order chi connectivity index (χ1) is 7.63. The highest BCUT2D eigenvalue weighted by atomic mass is 16.6. The van der Waals surface area contributed by atoms with Gasteiger partial charge in [-0.3, -0.25) is 0 Å². The molecule has 0 spiro atoms. The smallest absolute Gasteiger partial charge is 0.345 e. The van der Waals surface area contributed by atoms with Gasteiger partial charge in [-0.15, -0.1) is 0 Å². The molecule has 2 rings (SSSR count). The van der Waals surface area contributed by atoms with E-state index < -0.39 is 36.7 Å². The summed E-state index contributed by atoms with van der Waals surface area (Å²) in [7, 11) is 0. The number of aromatic nitrogens is 2. The Hall–Kier alpha value is -1.28. The van der Waals surface area contributed by atoms with Gasteiger partial charge in [0.1, 0.15) is 24.4 Å². The molecular formula is C9H12N2O5. The van der Waals surface area contributed by atoms with Gasteiger partial charge in [-0.25, -0.2) is 4.79 Å². The summed E-state index contributed by atoms with van der Waals surface area (Å²) in [6.07, 6.45) is -2.77. The maximum absolute atomic E-state index is 11.0. The fraction of sp³-hybridized carbons (Fsp3) is 0.556. The first-order valence-electron chi connectivity index (χ1n) is 4.81. The van der Waals surface area contributed by atoms with E-state index in [0.29, 0.717) is 0 Å². The van der Waals surface area contributed by atoms with E-state index in [1.165, 1.54) is 12.3 Å². The third-order valence-electron chi connectivity index (χ3n) is 2.53. The van der Waals surface area contributed by atoms with Crippen molar-refractivity contribution in [3.05, 3.63) is 28.4 Å². The predicted molar refractivity (Wildman–Crippen MR) is 51.6 cm³/mol. The zero-order valence-corrected chi connectivity index (χ0v) is 8.28. The van der Waals surface area contributed by atoms with E-state index in [1.807, 2.05) is 0 Å². The second-order valence-electron chi connectivity index (χ2n) is 3.58. The average molecular weight is 228 g/mol. The third kappa shape index (κ3) is 1.85. The Kier molecular flexibility index (Phi) is 3.01. The Bertz CT molecular complexity index is 420. The number of aliphatic hydroxyl groups is 3. The number of aliphatic hydroxyl groups excluding tert-OH is 3. The highest BCUT2D eigenvalue weighted by Gasteiger charge is 2.43. The lowest BCUT2D eigenvalue weighted by Gasteiger charge is -2.12. The summed E-state index contributed by atoms with van der Waals surface area (Å²) in [6, 6.07) is 1.47. The molecule has 0 aliphatic carbocycles. The molecule has 0 unspecified atom stereocenters. The molecule has 0 aromatic carbocycles. The van der Waals surface area contributed by atoms with Gasteiger partial charge in [-0.1, -0.05) is 0 Å². The van der Waals surface area contributed by atoms with E-state index in [4.69, 9.17) is 9.84 Å². The first-order valence-corrected chi connectivity index (χ1v) is 4.81. The molecule has 1 aromatic heterocycles. The number of hydrogen-bond donors (Lipinski definition) is 4. The molecule has 7 nitrogen and oxygen atoms in total. The summed E-state index contributed by atoms with van der Waals surface area (Å²) in [4.78, 5) is 16.9. The standard InChI is InChI=1S/C9H12N2O5/c12-3-5-6(13)7(14)8(16-5)4-1-2-10-9(15)11-4/h1-2,5-8,12-14H,3H2,(H,10,11,15)/t5-,6-,7+,8+/m1/s1. The molecule has 16 heavy (non-hydrogen) atoms. The molecular weight excluding hydrogens is 216 g/mol. The van der Waals surface area contributed by atoms with Crippen molar-refractivity contribution in [3.63, 3.8) is 0 Å². The Balaban J connectivity index is 2.26. The van der Waals surface area contributed by atoms with Gasteiger partial charge < -0.3 is 25.0 Å². The molecule has 4 atom stereocenters. The molecule has 0 saturated carbocycles. The minimum absolute atomic E-state index is 0.228. The van der Waals surface area contributed by atoms with Crippen molar-refractivity contribution in [2.75, 3.05) is 6.61 Å². The fourth-order valence-electron chi connectivity index (χ4n) is 1.69. The third-order valence-corrected chi connectivity index (χ3v) is 2.53. The van der Waals surface area contributed by atoms with Crippen LogP contribution in [0.5, 0.6) is 0 Å². The largest absolute Gasteiger partial charge is 0.394 e. The van der Waals surface area contributed by atoms with Crippen molar-refractivity contribution >= 4 is 0 Å². The van der Waals surface area contributed by atoms with Crippen molar-refractivity contribution in [3.8, 4) is 0 Å². The fourth-order valence-corrected chi connectivity index (χ4v) is 1.69. The van der Waals surface area contributed by atoms with Crippen LogP contribution in [0.3, 0.4) is 0 Å². The SMILES string of the molecule is O=c1nc([C@@H]2O[C@H](CO)[C@@H](O)[C@@H]2O)cc[nH]1. The predicted octanol–water partition coefficient (Wildman–Crippen LogP) is -2.08. The van der Waals surface area contributed by atoms with Crippen LogP contribution in [0.25, 0.3) is 0 Å². The van der Waals surface area contributed by atoms with Crippen LogP contribution < -0.4 is 5.69 Å². The van der Waals surface area contributed by atoms with Crippen LogP contribution in [0.4, 0.5) is 0 Å². The topological polar surface area (TPSA) is 116 Å². The van der Waals surface area contributed by atoms with Crippen LogP contribution >= 0.6 is 0 Å². The molecule has 0 radical (unpaired) electrons. The Morgan fingerprint density at radius 1 is 1.44 bits per heavy atom. The summed E-state index contributed by atoms with van der Waals surface area (Å²) in [5, 5.41) is 28.1. The highest BCUT2D eigenvalue weighted by molar-refractivity contribution is 5.09. The lowest BCUT2D eigenvalue weighted by molar-refractivity contribution is -0.0240. The number of ether oxygens (including phenoxy) is 1. The summed E-state index contributed by atoms with van der Waals surface area (Å²) in [5.74, 6) is 0. The Labute approximate surface area is 90.3 Å². The minimum atomic E-state index is -1.20. The zero-order chi connectivity index (χ0) is 11.7. The maximum atomic E-state index is 11.0. The lowest BCUT2D eigenvalue weighted by Crippen LogP contribution is -2.32. The summed E-state index contributed by atoms with van der Waals surface area (Å²) < 4.78 is 5.21. The number of aromatic amines is 1. The van der Waals surface area contributed by atoms with Crippen LogP contribution in [0.2, 0.25) is 0 Å². The molecule has 7 heteroatoms. The van der Waals surface area contributed by atoms with Gasteiger partial charge in [0.25, 0.3) is 0 Å². The average Bonchev–Trinajstić information content (AvgIpc) is 2.56. The Morgan fingerprint density at radius 2 is 2.19 bits per heavy atom. The van der Waals surface area contributed by atoms with Gasteiger partial charge in [-0.2, -0.15) is 4.98 Å². The van der Waals surface area contributed by atoms with Crippen LogP contribution in [0, 0.1) is 0 Å². The minimum Gasteiger partial charge on any atom is -0.394 e. The summed E-state index contributed by atoms with van der Waals surface area (Å²) in [6.45, 7) is -0.405. The molecule has 1 aliphatic rings. The molecule has 1 fully saturated rings. The van der Waals surface area contributed by atoms with E-state index in [-0.39, 0.29) is 5.69 Å². The second kappa shape index (κ2) is 4.30. The van der Waals surface area contributed by atoms with Gasteiger partial charge >= 0.3 is 5.69 Å². The lowest BCUT2D eigenvalue weighted by atomic mass is 10.1. The normalized spacial score (nSPS) is 34.2. The van der Waals surface area contributed by atoms with Gasteiger partial charge in [0.15, 0.2) is 0 Å². The van der Waals surface area contributed by atoms with Crippen molar-refractivity contribution in [2.24, 2.45) is 0 Å². The Morgan fingerprint density at radius 3 is 2.75 bits per heavy atom. The molecule has 2 heterocycles. The van der Waals surface area contributed by atoms with Gasteiger partial charge in [0.2, 0.25) is 0 Å². The van der Waals surface area contributed by atoms with E-state index in [2.05, 4.69) is 9.97 Å². The van der Waals surface area contributed by atoms with Crippen LogP contribution in [0.1, 0.15) is 11.8 Å². The number of H-pyrrole nitrogens is 1. The molecule has 88 valence electrons. The van der Waals surface area contributed by atoms with E-state index in [9.17, 15) is 15.0 Å². The van der Waals surface area contributed by atoms with Crippen molar-refractivity contribution in [1.82, 2.24) is 9.97 Å². The number of rotatable bonds is 2. The molecule has 0 bridgehead atoms. The summed E-state index contributed by atoms with van der Waals surface area (Å²) >= 11 is 0. The number of hydrogen-bond acceptors (Lipinski definition) is 6. The number of nitrogens with zero attached hydrogens (tertiary/aromatic N) is 1. The van der Waals surface area contributed by atoms with E-state index >= 15 is 0 Å². The molecule has 4 N–H and O–H groups in total. The second-order valence-corrected chi connectivity index (χ2v) is 3.58. The first kappa shape index (κ1) is 11.2. The van der Waals surface area contributed by atoms with E-state index in [1.54, 1.807) is 0 Å². The van der Waals surface area contributed by atoms with Crippen LogP contribution in [-0.2, 0) is 4.74 Å². The van der Waals surface area contributed by atoms with Gasteiger partial charge in [-0.05, 0) is 6.07 Å². The molecule has 1 aromatic rings. The van der Waals surface area contributed by atoms with Crippen molar-refractivity contribution in [1.29, 1.82) is 0 Å². The highest BCUT2D eigenvalue weighted by Crippen LogP contribution is 2.31. The maximum Gasteiger partial charge on any atom is 0.345 e. The van der Waals surface area contributed by atoms with E-state index in [0.717, 1.165) is 0 Å². The quantitative estimate of drug-likeness (QED) is 0.462. The van der Waals surface area contributed by atoms with Crippen LogP contribution in [0.15, 0.2) is 17.1 Å². The molecule has 1 saturated heterocycles. The number of nitrogens with one attached hydrogen (secondary N) is 1. The van der Waals surface area contributed by atoms with Crippen LogP contribution in [-0.4, -0.2) is 50.2 Å². The summed E-state index contributed by atoms with van der Waals surface area (Å²) in [5.41, 5.74) is -0.332. The van der Waals surface area contributed by atoms with Crippen molar-refractivity contribution < 1.29 is 20.1 Å². The molecule has 0 amide bonds. The van der Waals surface area contributed by atoms with Gasteiger partial charge in [0.05, 0.1) is 12.3 Å². The van der Waals surface area contributed by atoms with Gasteiger partial charge in [0, 0.05) is 6.20 Å². The van der Waals surface area contributed by atoms with Crippen molar-refractivity contribution in [2.45, 2.75) is 24.4 Å². The monoisotopic (exact) mass is 228 g/mol. The zero-order valence-electron chi connectivity index (χ0n) is 8.28.